The summed E-state index contributed by atoms with van der Waals surface area (Å²) in [7, 11) is 0. The van der Waals surface area contributed by atoms with Crippen molar-refractivity contribution in [3.05, 3.63) is 53.9 Å². The highest BCUT2D eigenvalue weighted by molar-refractivity contribution is 5.95. The van der Waals surface area contributed by atoms with Gasteiger partial charge in [0, 0.05) is 11.8 Å². The van der Waals surface area contributed by atoms with E-state index < -0.39 is 0 Å². The molecule has 5 nitrogen and oxygen atoms in total. The predicted molar refractivity (Wildman–Crippen MR) is 69.9 cm³/mol. The first-order valence-corrected chi connectivity index (χ1v) is 5.81. The minimum atomic E-state index is -0.339. The van der Waals surface area contributed by atoms with Crippen LogP contribution >= 0.6 is 0 Å². The van der Waals surface area contributed by atoms with Gasteiger partial charge in [-0.05, 0) is 37.3 Å². The lowest BCUT2D eigenvalue weighted by molar-refractivity contribution is 0.0938. The van der Waals surface area contributed by atoms with Gasteiger partial charge in [0.05, 0.1) is 11.7 Å². The number of aromatic nitrogens is 1. The van der Waals surface area contributed by atoms with Crippen LogP contribution < -0.4 is 5.32 Å². The van der Waals surface area contributed by atoms with Gasteiger partial charge in [0.15, 0.2) is 11.5 Å². The number of nitrogens with zero attached hydrogens (tertiary/aromatic N) is 1. The Labute approximate surface area is 110 Å². The fourth-order valence-corrected chi connectivity index (χ4v) is 1.65. The Hall–Kier alpha value is -2.56. The summed E-state index contributed by atoms with van der Waals surface area (Å²) in [5.41, 5.74) is 1.02. The smallest absolute Gasteiger partial charge is 0.251 e. The van der Waals surface area contributed by atoms with Gasteiger partial charge < -0.3 is 15.5 Å². The van der Waals surface area contributed by atoms with E-state index in [1.165, 1.54) is 18.2 Å². The Kier molecular flexibility index (Phi) is 3.66. The first-order valence-electron chi connectivity index (χ1n) is 5.81. The van der Waals surface area contributed by atoms with Crippen molar-refractivity contribution in [3.8, 4) is 11.5 Å². The number of nitrogens with one attached hydrogen (secondary N) is 1. The molecular weight excluding hydrogens is 244 g/mol. The summed E-state index contributed by atoms with van der Waals surface area (Å²) in [4.78, 5) is 16.1. The van der Waals surface area contributed by atoms with Crippen LogP contribution in [0.25, 0.3) is 0 Å². The molecule has 5 heteroatoms. The molecule has 0 aliphatic carbocycles. The zero-order valence-corrected chi connectivity index (χ0v) is 10.4. The Balaban J connectivity index is 2.11. The van der Waals surface area contributed by atoms with Crippen LogP contribution in [0.3, 0.4) is 0 Å². The summed E-state index contributed by atoms with van der Waals surface area (Å²) in [5, 5.41) is 21.3. The van der Waals surface area contributed by atoms with Gasteiger partial charge in [0.25, 0.3) is 5.91 Å². The van der Waals surface area contributed by atoms with Crippen molar-refractivity contribution in [2.24, 2.45) is 0 Å². The monoisotopic (exact) mass is 258 g/mol. The summed E-state index contributed by atoms with van der Waals surface area (Å²) in [5.74, 6) is -0.916. The second kappa shape index (κ2) is 5.39. The minimum Gasteiger partial charge on any atom is -0.504 e. The largest absolute Gasteiger partial charge is 0.504 e. The van der Waals surface area contributed by atoms with Crippen LogP contribution in [-0.2, 0) is 0 Å². The second-order valence-corrected chi connectivity index (χ2v) is 4.15. The second-order valence-electron chi connectivity index (χ2n) is 4.15. The molecule has 19 heavy (non-hydrogen) atoms. The predicted octanol–water partition coefficient (Wildman–Crippen LogP) is 1.98. The Morgan fingerprint density at radius 2 is 2.00 bits per heavy atom. The van der Waals surface area contributed by atoms with Crippen LogP contribution in [0.5, 0.6) is 11.5 Å². The molecule has 1 amide bonds. The van der Waals surface area contributed by atoms with E-state index in [0.29, 0.717) is 0 Å². The maximum absolute atomic E-state index is 12.0. The van der Waals surface area contributed by atoms with E-state index in [0.717, 1.165) is 5.69 Å². The maximum Gasteiger partial charge on any atom is 0.251 e. The number of phenolic OH excluding ortho intramolecular Hbond substituents is 2. The molecule has 0 saturated carbocycles. The normalized spacial score (nSPS) is 11.8. The lowest BCUT2D eigenvalue weighted by atomic mass is 10.1. The molecular formula is C14H14N2O3. The zero-order chi connectivity index (χ0) is 13.8. The summed E-state index contributed by atoms with van der Waals surface area (Å²) >= 11 is 0. The van der Waals surface area contributed by atoms with E-state index in [2.05, 4.69) is 10.3 Å². The third-order valence-electron chi connectivity index (χ3n) is 2.72. The lowest BCUT2D eigenvalue weighted by Crippen LogP contribution is -2.27. The molecule has 1 heterocycles. The molecule has 1 aromatic heterocycles. The number of hydrogen-bond acceptors (Lipinski definition) is 4. The summed E-state index contributed by atoms with van der Waals surface area (Å²) in [6.07, 6.45) is 1.66. The number of hydrogen-bond donors (Lipinski definition) is 3. The fraction of sp³-hybridized carbons (Fsp3) is 0.143. The van der Waals surface area contributed by atoms with Crippen molar-refractivity contribution >= 4 is 5.91 Å². The molecule has 2 rings (SSSR count). The van der Waals surface area contributed by atoms with E-state index in [-0.39, 0.29) is 29.0 Å². The van der Waals surface area contributed by atoms with Gasteiger partial charge in [-0.25, -0.2) is 0 Å². The summed E-state index contributed by atoms with van der Waals surface area (Å²) in [6, 6.07) is 9.15. The Morgan fingerprint density at radius 1 is 1.21 bits per heavy atom. The van der Waals surface area contributed by atoms with Gasteiger partial charge in [-0.2, -0.15) is 0 Å². The molecule has 0 aliphatic heterocycles. The summed E-state index contributed by atoms with van der Waals surface area (Å²) in [6.45, 7) is 1.82. The Morgan fingerprint density at radius 3 is 2.63 bits per heavy atom. The van der Waals surface area contributed by atoms with Crippen LogP contribution in [0.15, 0.2) is 42.6 Å². The number of phenols is 2. The quantitative estimate of drug-likeness (QED) is 0.735. The van der Waals surface area contributed by atoms with E-state index in [9.17, 15) is 15.0 Å². The fourth-order valence-electron chi connectivity index (χ4n) is 1.65. The van der Waals surface area contributed by atoms with Gasteiger partial charge in [-0.1, -0.05) is 6.07 Å². The molecule has 1 unspecified atom stereocenters. The van der Waals surface area contributed by atoms with Crippen molar-refractivity contribution in [3.63, 3.8) is 0 Å². The van der Waals surface area contributed by atoms with Crippen molar-refractivity contribution in [2.75, 3.05) is 0 Å². The molecule has 2 aromatic rings. The van der Waals surface area contributed by atoms with E-state index in [1.807, 2.05) is 19.1 Å². The standard InChI is InChI=1S/C14H14N2O3/c1-9(11-4-2-3-7-15-11)16-14(19)10-5-6-12(17)13(18)8-10/h2-9,17-18H,1H3,(H,16,19). The molecule has 0 bridgehead atoms. The van der Waals surface area contributed by atoms with Crippen molar-refractivity contribution in [2.45, 2.75) is 13.0 Å². The lowest BCUT2D eigenvalue weighted by Gasteiger charge is -2.13. The molecule has 3 N–H and O–H groups in total. The van der Waals surface area contributed by atoms with E-state index in [1.54, 1.807) is 12.3 Å². The molecule has 0 saturated heterocycles. The number of carbonyl (C=O) groups excluding carboxylic acids is 1. The first kappa shape index (κ1) is 12.9. The first-order chi connectivity index (χ1) is 9.08. The molecule has 0 spiro atoms. The Bertz CT molecular complexity index is 584. The topological polar surface area (TPSA) is 82.5 Å². The summed E-state index contributed by atoms with van der Waals surface area (Å²) < 4.78 is 0. The van der Waals surface area contributed by atoms with Crippen LogP contribution in [0.1, 0.15) is 29.0 Å². The molecule has 1 atom stereocenters. The number of carbonyl (C=O) groups is 1. The minimum absolute atomic E-state index is 0.246. The average Bonchev–Trinajstić information content (AvgIpc) is 2.42. The van der Waals surface area contributed by atoms with E-state index >= 15 is 0 Å². The number of amides is 1. The van der Waals surface area contributed by atoms with Crippen LogP contribution in [-0.4, -0.2) is 21.1 Å². The van der Waals surface area contributed by atoms with Gasteiger partial charge in [0.2, 0.25) is 0 Å². The van der Waals surface area contributed by atoms with Gasteiger partial charge in [0.1, 0.15) is 0 Å². The number of pyridine rings is 1. The zero-order valence-electron chi connectivity index (χ0n) is 10.4. The van der Waals surface area contributed by atoms with Crippen molar-refractivity contribution in [1.82, 2.24) is 10.3 Å². The van der Waals surface area contributed by atoms with Crippen LogP contribution in [0.4, 0.5) is 0 Å². The maximum atomic E-state index is 12.0. The highest BCUT2D eigenvalue weighted by atomic mass is 16.3. The van der Waals surface area contributed by atoms with E-state index in [4.69, 9.17) is 0 Å². The SMILES string of the molecule is CC(NC(=O)c1ccc(O)c(O)c1)c1ccccn1. The number of rotatable bonds is 3. The van der Waals surface area contributed by atoms with Gasteiger partial charge >= 0.3 is 0 Å². The number of aromatic hydroxyl groups is 2. The highest BCUT2D eigenvalue weighted by Gasteiger charge is 2.13. The molecule has 0 radical (unpaired) electrons. The molecule has 0 fully saturated rings. The van der Waals surface area contributed by atoms with Crippen LogP contribution in [0.2, 0.25) is 0 Å². The van der Waals surface area contributed by atoms with Crippen LogP contribution in [0, 0.1) is 0 Å². The third kappa shape index (κ3) is 3.01. The highest BCUT2D eigenvalue weighted by Crippen LogP contribution is 2.25. The molecule has 98 valence electrons. The van der Waals surface area contributed by atoms with Gasteiger partial charge in [-0.15, -0.1) is 0 Å². The van der Waals surface area contributed by atoms with Crippen molar-refractivity contribution < 1.29 is 15.0 Å². The van der Waals surface area contributed by atoms with Crippen molar-refractivity contribution in [1.29, 1.82) is 0 Å². The average molecular weight is 258 g/mol. The number of benzene rings is 1. The molecule has 0 aliphatic rings. The third-order valence-corrected chi connectivity index (χ3v) is 2.72. The molecule has 1 aromatic carbocycles. The van der Waals surface area contributed by atoms with Gasteiger partial charge in [-0.3, -0.25) is 9.78 Å².